The van der Waals surface area contributed by atoms with Crippen molar-refractivity contribution in [1.82, 2.24) is 9.13 Å². The van der Waals surface area contributed by atoms with E-state index in [2.05, 4.69) is 0 Å². The number of rotatable bonds is 4. The van der Waals surface area contributed by atoms with Crippen molar-refractivity contribution in [2.45, 2.75) is 51.9 Å². The molecular weight excluding hydrogens is 416 g/mol. The normalized spacial score (nSPS) is 14.1. The van der Waals surface area contributed by atoms with Gasteiger partial charge in [-0.3, -0.25) is 9.59 Å². The zero-order chi connectivity index (χ0) is 22.5. The van der Waals surface area contributed by atoms with Crippen LogP contribution in [0.2, 0.25) is 0 Å². The molecule has 0 unspecified atom stereocenters. The van der Waals surface area contributed by atoms with Crippen molar-refractivity contribution in [3.8, 4) is 11.1 Å². The van der Waals surface area contributed by atoms with E-state index in [0.29, 0.717) is 62.7 Å². The average Bonchev–Trinajstić information content (AvgIpc) is 2.94. The highest BCUT2D eigenvalue weighted by molar-refractivity contribution is 5.99. The number of pyridine rings is 1. The molecule has 1 aromatic carbocycles. The first kappa shape index (κ1) is 21.1. The van der Waals surface area contributed by atoms with Crippen molar-refractivity contribution in [2.75, 3.05) is 0 Å². The minimum atomic E-state index is -4.58. The fourth-order valence-corrected chi connectivity index (χ4v) is 4.56. The molecule has 0 saturated heterocycles. The third-order valence-electron chi connectivity index (χ3n) is 5.79. The van der Waals surface area contributed by atoms with Crippen LogP contribution >= 0.6 is 0 Å². The number of alkyl halides is 3. The van der Waals surface area contributed by atoms with Crippen molar-refractivity contribution in [1.29, 1.82) is 0 Å². The van der Waals surface area contributed by atoms with Gasteiger partial charge >= 0.3 is 12.1 Å². The van der Waals surface area contributed by atoms with Crippen LogP contribution in [0.4, 0.5) is 17.6 Å². The van der Waals surface area contributed by atoms with Crippen LogP contribution in [-0.2, 0) is 30.7 Å². The molecule has 0 aliphatic heterocycles. The fraction of sp³-hybridized carbons (Fsp3) is 0.364. The molecule has 31 heavy (non-hydrogen) atoms. The van der Waals surface area contributed by atoms with Gasteiger partial charge in [0, 0.05) is 39.5 Å². The van der Waals surface area contributed by atoms with E-state index < -0.39 is 30.1 Å². The van der Waals surface area contributed by atoms with E-state index >= 15 is 0 Å². The summed E-state index contributed by atoms with van der Waals surface area (Å²) in [4.78, 5) is 24.1. The summed E-state index contributed by atoms with van der Waals surface area (Å²) in [5, 5.41) is 9.73. The van der Waals surface area contributed by atoms with E-state index in [-0.39, 0.29) is 6.54 Å². The molecule has 9 heteroatoms. The summed E-state index contributed by atoms with van der Waals surface area (Å²) < 4.78 is 55.7. The Hall–Kier alpha value is -3.10. The lowest BCUT2D eigenvalue weighted by Crippen LogP contribution is -2.32. The molecule has 0 bridgehead atoms. The molecular formula is C22H20F4N2O3. The molecule has 4 rings (SSSR count). The Morgan fingerprint density at radius 3 is 2.48 bits per heavy atom. The summed E-state index contributed by atoms with van der Waals surface area (Å²) in [6.45, 7) is -0.143. The van der Waals surface area contributed by atoms with Gasteiger partial charge in [0.1, 0.15) is 18.9 Å². The number of carboxylic acids is 1. The number of aromatic nitrogens is 2. The highest BCUT2D eigenvalue weighted by Crippen LogP contribution is 2.39. The monoisotopic (exact) mass is 436 g/mol. The average molecular weight is 436 g/mol. The van der Waals surface area contributed by atoms with Gasteiger partial charge in [-0.25, -0.2) is 4.39 Å². The minimum Gasteiger partial charge on any atom is -0.480 e. The third kappa shape index (κ3) is 3.84. The second-order valence-electron chi connectivity index (χ2n) is 7.86. The molecule has 164 valence electrons. The molecule has 3 aromatic rings. The number of hydrogen-bond donors (Lipinski definition) is 1. The zero-order valence-electron chi connectivity index (χ0n) is 16.7. The van der Waals surface area contributed by atoms with Crippen molar-refractivity contribution in [3.63, 3.8) is 0 Å². The molecule has 0 amide bonds. The standard InChI is InChI=1S/C22H20F4N2O3/c1-12-20(16-8-13(23)6-7-18(16)28(12)10-19(29)30)17-9-27(11-22(24,25)26)21(31)15-5-3-2-4-14(15)17/h6-9H,2-5,10-11H2,1H3,(H,29,30). The zero-order valence-corrected chi connectivity index (χ0v) is 16.7. The van der Waals surface area contributed by atoms with Crippen LogP contribution in [-0.4, -0.2) is 26.4 Å². The quantitative estimate of drug-likeness (QED) is 0.615. The van der Waals surface area contributed by atoms with Gasteiger partial charge in [-0.15, -0.1) is 0 Å². The summed E-state index contributed by atoms with van der Waals surface area (Å²) in [5.41, 5.74) is 2.20. The van der Waals surface area contributed by atoms with Gasteiger partial charge in [-0.05, 0) is 56.4 Å². The number of aliphatic carboxylic acids is 1. The van der Waals surface area contributed by atoms with Crippen molar-refractivity contribution in [2.24, 2.45) is 0 Å². The smallest absolute Gasteiger partial charge is 0.406 e. The Morgan fingerprint density at radius 1 is 1.16 bits per heavy atom. The predicted octanol–water partition coefficient (Wildman–Crippen LogP) is 4.44. The Labute approximate surface area is 174 Å². The summed E-state index contributed by atoms with van der Waals surface area (Å²) in [6, 6.07) is 3.93. The number of benzene rings is 1. The highest BCUT2D eigenvalue weighted by atomic mass is 19.4. The molecule has 1 N–H and O–H groups in total. The summed E-state index contributed by atoms with van der Waals surface area (Å²) in [7, 11) is 0. The molecule has 5 nitrogen and oxygen atoms in total. The van der Waals surface area contributed by atoms with E-state index in [1.165, 1.54) is 29.0 Å². The predicted molar refractivity (Wildman–Crippen MR) is 107 cm³/mol. The van der Waals surface area contributed by atoms with Crippen molar-refractivity contribution < 1.29 is 27.5 Å². The van der Waals surface area contributed by atoms with Crippen LogP contribution < -0.4 is 5.56 Å². The number of hydrogen-bond acceptors (Lipinski definition) is 2. The van der Waals surface area contributed by atoms with Crippen LogP contribution in [0.3, 0.4) is 0 Å². The Balaban J connectivity index is 2.07. The van der Waals surface area contributed by atoms with Gasteiger partial charge in [-0.1, -0.05) is 0 Å². The number of carbonyl (C=O) groups is 1. The number of carboxylic acid groups (broad SMARTS) is 1. The van der Waals surface area contributed by atoms with Crippen LogP contribution in [0.5, 0.6) is 0 Å². The van der Waals surface area contributed by atoms with Crippen LogP contribution in [0.1, 0.15) is 29.7 Å². The lowest BCUT2D eigenvalue weighted by atomic mass is 9.86. The van der Waals surface area contributed by atoms with E-state index in [0.717, 1.165) is 6.42 Å². The summed E-state index contributed by atoms with van der Waals surface area (Å²) in [5.74, 6) is -1.64. The van der Waals surface area contributed by atoms with Crippen LogP contribution in [0.25, 0.3) is 22.0 Å². The highest BCUT2D eigenvalue weighted by Gasteiger charge is 2.31. The molecule has 1 aliphatic rings. The van der Waals surface area contributed by atoms with Gasteiger partial charge < -0.3 is 14.2 Å². The van der Waals surface area contributed by atoms with Crippen LogP contribution in [0.15, 0.2) is 29.2 Å². The van der Waals surface area contributed by atoms with Gasteiger partial charge in [0.05, 0.1) is 0 Å². The topological polar surface area (TPSA) is 64.2 Å². The molecule has 1 aliphatic carbocycles. The molecule has 0 saturated carbocycles. The fourth-order valence-electron chi connectivity index (χ4n) is 4.56. The molecule has 0 spiro atoms. The Kier molecular flexibility index (Phi) is 5.15. The number of halogens is 4. The lowest BCUT2D eigenvalue weighted by molar-refractivity contribution is -0.141. The number of nitrogens with zero attached hydrogens (tertiary/aromatic N) is 2. The first-order valence-electron chi connectivity index (χ1n) is 9.89. The lowest BCUT2D eigenvalue weighted by Gasteiger charge is -2.22. The molecule has 2 heterocycles. The third-order valence-corrected chi connectivity index (χ3v) is 5.79. The van der Waals surface area contributed by atoms with Gasteiger partial charge in [-0.2, -0.15) is 13.2 Å². The maximum absolute atomic E-state index is 14.1. The largest absolute Gasteiger partial charge is 0.480 e. The molecule has 0 radical (unpaired) electrons. The van der Waals surface area contributed by atoms with Crippen LogP contribution in [0, 0.1) is 12.7 Å². The number of fused-ring (bicyclic) bond motifs is 2. The van der Waals surface area contributed by atoms with Gasteiger partial charge in [0.25, 0.3) is 5.56 Å². The van der Waals surface area contributed by atoms with E-state index in [4.69, 9.17) is 0 Å². The Morgan fingerprint density at radius 2 is 1.84 bits per heavy atom. The minimum absolute atomic E-state index is 0.350. The second-order valence-corrected chi connectivity index (χ2v) is 7.86. The summed E-state index contributed by atoms with van der Waals surface area (Å²) in [6.07, 6.45) is -1.01. The Bertz CT molecular complexity index is 1250. The van der Waals surface area contributed by atoms with Gasteiger partial charge in [0.2, 0.25) is 0 Å². The van der Waals surface area contributed by atoms with Crippen molar-refractivity contribution in [3.05, 3.63) is 57.4 Å². The first-order valence-corrected chi connectivity index (χ1v) is 9.89. The molecule has 2 aromatic heterocycles. The maximum atomic E-state index is 14.1. The molecule has 0 fully saturated rings. The first-order chi connectivity index (χ1) is 14.6. The SMILES string of the molecule is Cc1c(-c2cn(CC(F)(F)F)c(=O)c3c2CCCC3)c2cc(F)ccc2n1CC(=O)O. The van der Waals surface area contributed by atoms with E-state index in [1.807, 2.05) is 0 Å². The second kappa shape index (κ2) is 7.55. The van der Waals surface area contributed by atoms with Gasteiger partial charge in [0.15, 0.2) is 0 Å². The van der Waals surface area contributed by atoms with Crippen molar-refractivity contribution >= 4 is 16.9 Å². The maximum Gasteiger partial charge on any atom is 0.406 e. The van der Waals surface area contributed by atoms with E-state index in [9.17, 15) is 32.3 Å². The van der Waals surface area contributed by atoms with E-state index in [1.54, 1.807) is 6.92 Å². The molecule has 0 atom stereocenters. The summed E-state index contributed by atoms with van der Waals surface area (Å²) >= 11 is 0.